The maximum Gasteiger partial charge on any atom is 0.417 e. The van der Waals surface area contributed by atoms with Crippen molar-refractivity contribution in [3.63, 3.8) is 0 Å². The van der Waals surface area contributed by atoms with E-state index in [4.69, 9.17) is 10.7 Å². The minimum atomic E-state index is -4.54. The van der Waals surface area contributed by atoms with Crippen molar-refractivity contribution in [3.05, 3.63) is 113 Å². The molecule has 40 heavy (non-hydrogen) atoms. The van der Waals surface area contributed by atoms with Gasteiger partial charge in [0.25, 0.3) is 5.91 Å². The maximum absolute atomic E-state index is 14.0. The number of amides is 1. The fourth-order valence-corrected chi connectivity index (χ4v) is 4.94. The third-order valence-corrected chi connectivity index (χ3v) is 6.91. The van der Waals surface area contributed by atoms with Gasteiger partial charge in [-0.3, -0.25) is 4.79 Å². The molecular formula is C32H35F3N4O. The van der Waals surface area contributed by atoms with E-state index in [1.807, 2.05) is 67.8 Å². The van der Waals surface area contributed by atoms with E-state index in [2.05, 4.69) is 0 Å². The lowest BCUT2D eigenvalue weighted by atomic mass is 9.99. The molecule has 5 nitrogen and oxygen atoms in total. The first kappa shape index (κ1) is 29.1. The first-order valence-electron chi connectivity index (χ1n) is 13.5. The van der Waals surface area contributed by atoms with Gasteiger partial charge < -0.3 is 15.2 Å². The summed E-state index contributed by atoms with van der Waals surface area (Å²) in [6.45, 7) is 7.12. The van der Waals surface area contributed by atoms with Crippen LogP contribution in [0, 0.1) is 12.8 Å². The van der Waals surface area contributed by atoms with Gasteiger partial charge in [0.1, 0.15) is 5.82 Å². The summed E-state index contributed by atoms with van der Waals surface area (Å²) >= 11 is 0. The number of aromatic nitrogens is 2. The number of alkyl halides is 3. The molecule has 0 radical (unpaired) electrons. The zero-order chi connectivity index (χ0) is 28.9. The van der Waals surface area contributed by atoms with E-state index in [0.717, 1.165) is 17.2 Å². The molecule has 0 fully saturated rings. The van der Waals surface area contributed by atoms with Crippen LogP contribution in [0.1, 0.15) is 59.2 Å². The minimum Gasteiger partial charge on any atom is -0.330 e. The third kappa shape index (κ3) is 6.62. The van der Waals surface area contributed by atoms with Crippen molar-refractivity contribution in [2.75, 3.05) is 13.1 Å². The molecule has 0 aliphatic carbocycles. The van der Waals surface area contributed by atoms with Gasteiger partial charge in [-0.25, -0.2) is 4.98 Å². The quantitative estimate of drug-likeness (QED) is 0.230. The molecule has 0 saturated carbocycles. The second-order valence-electron chi connectivity index (χ2n) is 10.3. The third-order valence-electron chi connectivity index (χ3n) is 6.91. The van der Waals surface area contributed by atoms with Crippen LogP contribution in [0.5, 0.6) is 0 Å². The van der Waals surface area contributed by atoms with Crippen molar-refractivity contribution < 1.29 is 18.0 Å². The van der Waals surface area contributed by atoms with Crippen LogP contribution in [0.15, 0.2) is 85.1 Å². The molecule has 3 aromatic carbocycles. The maximum atomic E-state index is 14.0. The molecule has 1 amide bonds. The molecule has 1 unspecified atom stereocenters. The van der Waals surface area contributed by atoms with E-state index < -0.39 is 17.8 Å². The Morgan fingerprint density at radius 3 is 2.25 bits per heavy atom. The Hall–Kier alpha value is -3.91. The minimum absolute atomic E-state index is 0.00365. The van der Waals surface area contributed by atoms with Crippen LogP contribution in [0.3, 0.4) is 0 Å². The smallest absolute Gasteiger partial charge is 0.330 e. The highest BCUT2D eigenvalue weighted by molar-refractivity contribution is 5.94. The summed E-state index contributed by atoms with van der Waals surface area (Å²) in [6, 6.07) is 22.0. The van der Waals surface area contributed by atoms with Crippen molar-refractivity contribution in [1.29, 1.82) is 0 Å². The molecule has 1 heterocycles. The summed E-state index contributed by atoms with van der Waals surface area (Å²) < 4.78 is 43.8. The van der Waals surface area contributed by atoms with Crippen LogP contribution in [0.2, 0.25) is 0 Å². The Labute approximate surface area is 233 Å². The molecule has 0 aliphatic rings. The van der Waals surface area contributed by atoms with Gasteiger partial charge in [-0.2, -0.15) is 13.2 Å². The van der Waals surface area contributed by atoms with E-state index >= 15 is 0 Å². The monoisotopic (exact) mass is 548 g/mol. The van der Waals surface area contributed by atoms with Crippen molar-refractivity contribution >= 4 is 5.91 Å². The van der Waals surface area contributed by atoms with Crippen LogP contribution >= 0.6 is 0 Å². The number of halogens is 3. The van der Waals surface area contributed by atoms with Crippen LogP contribution in [-0.2, 0) is 12.7 Å². The van der Waals surface area contributed by atoms with E-state index in [-0.39, 0.29) is 23.1 Å². The van der Waals surface area contributed by atoms with Gasteiger partial charge in [0.2, 0.25) is 0 Å². The molecule has 0 bridgehead atoms. The highest BCUT2D eigenvalue weighted by atomic mass is 19.4. The van der Waals surface area contributed by atoms with Crippen molar-refractivity contribution in [2.45, 2.75) is 46.0 Å². The van der Waals surface area contributed by atoms with Crippen LogP contribution in [-0.4, -0.2) is 33.4 Å². The zero-order valence-corrected chi connectivity index (χ0v) is 23.0. The summed E-state index contributed by atoms with van der Waals surface area (Å²) in [5, 5.41) is 0. The van der Waals surface area contributed by atoms with E-state index in [9.17, 15) is 18.0 Å². The number of nitrogens with two attached hydrogens (primary N) is 1. The first-order valence-corrected chi connectivity index (χ1v) is 13.5. The number of benzene rings is 3. The second kappa shape index (κ2) is 12.5. The molecule has 0 saturated heterocycles. The molecule has 0 aliphatic heterocycles. The number of nitrogens with zero attached hydrogens (tertiary/aromatic N) is 3. The predicted molar refractivity (Wildman–Crippen MR) is 152 cm³/mol. The molecule has 4 aromatic rings. The molecule has 1 atom stereocenters. The Balaban J connectivity index is 1.88. The molecule has 210 valence electrons. The molecule has 1 aromatic heterocycles. The van der Waals surface area contributed by atoms with Gasteiger partial charge in [0.15, 0.2) is 0 Å². The number of imidazole rings is 1. The molecule has 2 N–H and O–H groups in total. The normalized spacial score (nSPS) is 12.5. The summed E-state index contributed by atoms with van der Waals surface area (Å²) in [4.78, 5) is 20.5. The summed E-state index contributed by atoms with van der Waals surface area (Å²) in [6.07, 6.45) is -2.30. The average Bonchev–Trinajstić information content (AvgIpc) is 3.33. The highest BCUT2D eigenvalue weighted by Crippen LogP contribution is 2.38. The van der Waals surface area contributed by atoms with Gasteiger partial charge in [-0.05, 0) is 49.6 Å². The van der Waals surface area contributed by atoms with Crippen LogP contribution < -0.4 is 5.73 Å². The highest BCUT2D eigenvalue weighted by Gasteiger charge is 2.36. The zero-order valence-electron chi connectivity index (χ0n) is 23.0. The number of rotatable bonds is 10. The van der Waals surface area contributed by atoms with Gasteiger partial charge in [0.05, 0.1) is 17.3 Å². The number of hydrogen-bond acceptors (Lipinski definition) is 3. The van der Waals surface area contributed by atoms with E-state index in [1.54, 1.807) is 29.3 Å². The summed E-state index contributed by atoms with van der Waals surface area (Å²) in [5.41, 5.74) is 7.87. The van der Waals surface area contributed by atoms with Crippen molar-refractivity contribution in [1.82, 2.24) is 14.5 Å². The Morgan fingerprint density at radius 2 is 1.62 bits per heavy atom. The largest absolute Gasteiger partial charge is 0.417 e. The fraction of sp³-hybridized carbons (Fsp3) is 0.312. The molecule has 0 spiro atoms. The average molecular weight is 549 g/mol. The Kier molecular flexibility index (Phi) is 9.10. The summed E-state index contributed by atoms with van der Waals surface area (Å²) in [5.74, 6) is 0.275. The topological polar surface area (TPSA) is 64.2 Å². The lowest BCUT2D eigenvalue weighted by Gasteiger charge is -2.34. The van der Waals surface area contributed by atoms with Crippen molar-refractivity contribution in [3.8, 4) is 11.3 Å². The van der Waals surface area contributed by atoms with Crippen LogP contribution in [0.4, 0.5) is 13.2 Å². The number of hydrogen-bond donors (Lipinski definition) is 1. The van der Waals surface area contributed by atoms with Gasteiger partial charge in [-0.15, -0.1) is 0 Å². The first-order chi connectivity index (χ1) is 19.1. The van der Waals surface area contributed by atoms with Gasteiger partial charge in [-0.1, -0.05) is 80.1 Å². The Morgan fingerprint density at radius 1 is 0.975 bits per heavy atom. The van der Waals surface area contributed by atoms with Gasteiger partial charge >= 0.3 is 6.18 Å². The number of carbonyl (C=O) groups is 1. The second-order valence-corrected chi connectivity index (χ2v) is 10.3. The summed E-state index contributed by atoms with van der Waals surface area (Å²) in [7, 11) is 0. The molecule has 8 heteroatoms. The molecule has 4 rings (SSSR count). The lowest BCUT2D eigenvalue weighted by molar-refractivity contribution is -0.137. The SMILES string of the molecule is Cc1ccc(C(=O)N(CCCN)C(c2nc(-c3ccccc3C(F)(F)F)cn2Cc2ccccc2)C(C)C)cc1. The van der Waals surface area contributed by atoms with E-state index in [0.29, 0.717) is 37.4 Å². The fourth-order valence-electron chi connectivity index (χ4n) is 4.94. The number of carbonyl (C=O) groups excluding carboxylic acids is 1. The Bertz CT molecular complexity index is 1410. The number of aryl methyl sites for hydroxylation is 1. The molecular weight excluding hydrogens is 513 g/mol. The van der Waals surface area contributed by atoms with Gasteiger partial charge in [0, 0.05) is 30.4 Å². The van der Waals surface area contributed by atoms with Crippen LogP contribution in [0.25, 0.3) is 11.3 Å². The predicted octanol–water partition coefficient (Wildman–Crippen LogP) is 7.11. The van der Waals surface area contributed by atoms with Crippen molar-refractivity contribution in [2.24, 2.45) is 11.7 Å². The van der Waals surface area contributed by atoms with E-state index in [1.165, 1.54) is 12.1 Å². The lowest BCUT2D eigenvalue weighted by Crippen LogP contribution is -2.40. The standard InChI is InChI=1S/C32H35F3N4O/c1-22(2)29(39(19-9-18-36)31(40)25-16-14-23(3)15-17-25)30-37-28(21-38(30)20-24-10-5-4-6-11-24)26-12-7-8-13-27(26)32(33,34)35/h4-8,10-17,21-22,29H,9,18-20,36H2,1-3H3.